The molecule has 1 saturated heterocycles. The molecule has 0 aromatic heterocycles. The van der Waals surface area contributed by atoms with Crippen molar-refractivity contribution < 1.29 is 9.78 Å². The third-order valence-electron chi connectivity index (χ3n) is 3.61. The first kappa shape index (κ1) is 13.6. The molecule has 1 aliphatic heterocycles. The Morgan fingerprint density at radius 3 is 2.06 bits per heavy atom. The molecule has 0 spiro atoms. The third-order valence-corrected chi connectivity index (χ3v) is 3.61. The Labute approximate surface area is 110 Å². The summed E-state index contributed by atoms with van der Waals surface area (Å²) < 4.78 is 0. The van der Waals surface area contributed by atoms with E-state index in [1.807, 2.05) is 18.2 Å². The molecule has 0 saturated carbocycles. The molecule has 0 radical (unpaired) electrons. The fourth-order valence-electron chi connectivity index (χ4n) is 2.38. The van der Waals surface area contributed by atoms with Crippen molar-refractivity contribution in [1.82, 2.24) is 0 Å². The van der Waals surface area contributed by atoms with Gasteiger partial charge in [-0.1, -0.05) is 75.8 Å². The summed E-state index contributed by atoms with van der Waals surface area (Å²) in [6.45, 7) is 2.26. The number of hydrogen-bond donors (Lipinski definition) is 0. The molecule has 0 N–H and O–H groups in total. The Morgan fingerprint density at radius 2 is 1.44 bits per heavy atom. The molecule has 2 rings (SSSR count). The van der Waals surface area contributed by atoms with Crippen LogP contribution in [0, 0.1) is 0 Å². The molecule has 0 aliphatic carbocycles. The van der Waals surface area contributed by atoms with Crippen molar-refractivity contribution in [3.05, 3.63) is 35.9 Å². The van der Waals surface area contributed by atoms with E-state index in [1.54, 1.807) is 0 Å². The van der Waals surface area contributed by atoms with Crippen LogP contribution in [0.5, 0.6) is 0 Å². The molecule has 0 bridgehead atoms. The highest BCUT2D eigenvalue weighted by molar-refractivity contribution is 5.21. The molecule has 0 amide bonds. The largest absolute Gasteiger partial charge is 0.259 e. The van der Waals surface area contributed by atoms with Gasteiger partial charge in [0, 0.05) is 12.0 Å². The average molecular weight is 248 g/mol. The fraction of sp³-hybridized carbons (Fsp3) is 0.625. The lowest BCUT2D eigenvalue weighted by molar-refractivity contribution is 0.0850. The quantitative estimate of drug-likeness (QED) is 0.351. The average Bonchev–Trinajstić information content (AvgIpc) is 3.20. The molecule has 2 heteroatoms. The minimum absolute atomic E-state index is 0.412. The van der Waals surface area contributed by atoms with Crippen molar-refractivity contribution in [2.24, 2.45) is 0 Å². The van der Waals surface area contributed by atoms with Gasteiger partial charge >= 0.3 is 0 Å². The predicted molar refractivity (Wildman–Crippen MR) is 72.9 cm³/mol. The Hall–Kier alpha value is -0.860. The zero-order chi connectivity index (χ0) is 12.7. The summed E-state index contributed by atoms with van der Waals surface area (Å²) in [6.07, 6.45) is 10.2. The molecule has 1 aliphatic rings. The van der Waals surface area contributed by atoms with Crippen LogP contribution < -0.4 is 0 Å². The van der Waals surface area contributed by atoms with Crippen molar-refractivity contribution in [3.63, 3.8) is 0 Å². The van der Waals surface area contributed by atoms with Crippen LogP contribution in [0.4, 0.5) is 0 Å². The number of unbranched alkanes of at least 4 members (excludes halogenated alkanes) is 6. The summed E-state index contributed by atoms with van der Waals surface area (Å²) in [5, 5.41) is 0. The van der Waals surface area contributed by atoms with Crippen LogP contribution in [0.2, 0.25) is 0 Å². The molecular formula is C16H24O2. The standard InChI is InChI=1S/C16H24O2/c1-2-3-4-5-6-7-11-14-16(17-18-16)15-12-9-8-10-13-15/h8-10,12-13H,2-7,11,14H2,1H3. The van der Waals surface area contributed by atoms with E-state index in [2.05, 4.69) is 19.1 Å². The maximum absolute atomic E-state index is 5.23. The van der Waals surface area contributed by atoms with Gasteiger partial charge < -0.3 is 0 Å². The van der Waals surface area contributed by atoms with Crippen LogP contribution in [-0.2, 0) is 15.6 Å². The highest BCUT2D eigenvalue weighted by Crippen LogP contribution is 2.45. The molecule has 0 atom stereocenters. The van der Waals surface area contributed by atoms with E-state index in [9.17, 15) is 0 Å². The zero-order valence-corrected chi connectivity index (χ0v) is 11.4. The monoisotopic (exact) mass is 248 g/mol. The van der Waals surface area contributed by atoms with Gasteiger partial charge in [-0.25, -0.2) is 0 Å². The first-order valence-electron chi connectivity index (χ1n) is 7.30. The Morgan fingerprint density at radius 1 is 0.833 bits per heavy atom. The second-order valence-corrected chi connectivity index (χ2v) is 5.16. The first-order chi connectivity index (χ1) is 8.87. The fourth-order valence-corrected chi connectivity index (χ4v) is 2.38. The van der Waals surface area contributed by atoms with Crippen molar-refractivity contribution in [2.75, 3.05) is 0 Å². The van der Waals surface area contributed by atoms with E-state index in [0.29, 0.717) is 0 Å². The van der Waals surface area contributed by atoms with Crippen LogP contribution in [0.3, 0.4) is 0 Å². The zero-order valence-electron chi connectivity index (χ0n) is 11.4. The van der Waals surface area contributed by atoms with Crippen molar-refractivity contribution in [3.8, 4) is 0 Å². The summed E-state index contributed by atoms with van der Waals surface area (Å²) in [5.74, 6) is -0.412. The highest BCUT2D eigenvalue weighted by Gasteiger charge is 2.49. The van der Waals surface area contributed by atoms with Crippen molar-refractivity contribution in [1.29, 1.82) is 0 Å². The molecule has 18 heavy (non-hydrogen) atoms. The van der Waals surface area contributed by atoms with Crippen LogP contribution in [-0.4, -0.2) is 0 Å². The summed E-state index contributed by atoms with van der Waals surface area (Å²) in [6, 6.07) is 10.2. The summed E-state index contributed by atoms with van der Waals surface area (Å²) in [4.78, 5) is 10.5. The van der Waals surface area contributed by atoms with Gasteiger partial charge in [-0.2, -0.15) is 9.78 Å². The van der Waals surface area contributed by atoms with Gasteiger partial charge in [0.25, 0.3) is 5.79 Å². The molecule has 1 aromatic carbocycles. The van der Waals surface area contributed by atoms with E-state index >= 15 is 0 Å². The second-order valence-electron chi connectivity index (χ2n) is 5.16. The first-order valence-corrected chi connectivity index (χ1v) is 7.30. The summed E-state index contributed by atoms with van der Waals surface area (Å²) in [7, 11) is 0. The lowest BCUT2D eigenvalue weighted by Crippen LogP contribution is -2.07. The maximum Gasteiger partial charge on any atom is 0.259 e. The SMILES string of the molecule is CCCCCCCCCC1(c2ccccc2)OO1. The van der Waals surface area contributed by atoms with Gasteiger partial charge in [-0.3, -0.25) is 0 Å². The number of benzene rings is 1. The molecule has 1 heterocycles. The normalized spacial score (nSPS) is 16.7. The van der Waals surface area contributed by atoms with Crippen LogP contribution >= 0.6 is 0 Å². The van der Waals surface area contributed by atoms with E-state index < -0.39 is 5.79 Å². The Bertz CT molecular complexity index is 330. The maximum atomic E-state index is 5.23. The van der Waals surface area contributed by atoms with Crippen molar-refractivity contribution in [2.45, 2.75) is 64.1 Å². The molecule has 2 nitrogen and oxygen atoms in total. The number of rotatable bonds is 9. The summed E-state index contributed by atoms with van der Waals surface area (Å²) in [5.41, 5.74) is 1.15. The molecular weight excluding hydrogens is 224 g/mol. The van der Waals surface area contributed by atoms with E-state index in [0.717, 1.165) is 12.0 Å². The Balaban J connectivity index is 1.62. The van der Waals surface area contributed by atoms with Crippen LogP contribution in [0.15, 0.2) is 30.3 Å². The lowest BCUT2D eigenvalue weighted by Gasteiger charge is -2.07. The Kier molecular flexibility index (Phi) is 5.21. The lowest BCUT2D eigenvalue weighted by atomic mass is 10.00. The summed E-state index contributed by atoms with van der Waals surface area (Å²) >= 11 is 0. The minimum Gasteiger partial charge on any atom is -0.189 e. The third kappa shape index (κ3) is 3.82. The van der Waals surface area contributed by atoms with E-state index in [4.69, 9.17) is 9.78 Å². The van der Waals surface area contributed by atoms with Gasteiger partial charge in [-0.05, 0) is 6.42 Å². The predicted octanol–water partition coefficient (Wildman–Crippen LogP) is 4.94. The topological polar surface area (TPSA) is 25.1 Å². The molecule has 0 unspecified atom stereocenters. The molecule has 1 fully saturated rings. The minimum atomic E-state index is -0.412. The smallest absolute Gasteiger partial charge is 0.189 e. The van der Waals surface area contributed by atoms with Crippen LogP contribution in [0.1, 0.15) is 63.9 Å². The second kappa shape index (κ2) is 6.91. The molecule has 1 aromatic rings. The van der Waals surface area contributed by atoms with Crippen molar-refractivity contribution >= 4 is 0 Å². The van der Waals surface area contributed by atoms with Gasteiger partial charge in [-0.15, -0.1) is 0 Å². The van der Waals surface area contributed by atoms with Gasteiger partial charge in [0.15, 0.2) is 0 Å². The van der Waals surface area contributed by atoms with Gasteiger partial charge in [0.1, 0.15) is 0 Å². The van der Waals surface area contributed by atoms with E-state index in [-0.39, 0.29) is 0 Å². The highest BCUT2D eigenvalue weighted by atomic mass is 17.4. The van der Waals surface area contributed by atoms with Crippen LogP contribution in [0.25, 0.3) is 0 Å². The van der Waals surface area contributed by atoms with E-state index in [1.165, 1.54) is 44.9 Å². The van der Waals surface area contributed by atoms with Gasteiger partial charge in [0.2, 0.25) is 0 Å². The van der Waals surface area contributed by atoms with Gasteiger partial charge in [0.05, 0.1) is 0 Å². The number of hydrogen-bond acceptors (Lipinski definition) is 2. The molecule has 100 valence electrons.